The van der Waals surface area contributed by atoms with Crippen LogP contribution in [0.3, 0.4) is 0 Å². The molecule has 2 nitrogen and oxygen atoms in total. The highest BCUT2D eigenvalue weighted by Crippen LogP contribution is 2.24. The molecule has 1 aromatic heterocycles. The lowest BCUT2D eigenvalue weighted by Gasteiger charge is -2.09. The number of pyridine rings is 1. The van der Waals surface area contributed by atoms with Crippen molar-refractivity contribution >= 4 is 44.1 Å². The fourth-order valence-corrected chi connectivity index (χ4v) is 2.68. The van der Waals surface area contributed by atoms with Gasteiger partial charge in [0, 0.05) is 27.6 Å². The number of nitrogens with zero attached hydrogens (tertiary/aromatic N) is 1. The van der Waals surface area contributed by atoms with Gasteiger partial charge in [-0.05, 0) is 45.8 Å². The molecule has 0 spiro atoms. The van der Waals surface area contributed by atoms with Crippen molar-refractivity contribution in [1.29, 1.82) is 0 Å². The van der Waals surface area contributed by atoms with Crippen molar-refractivity contribution in [2.75, 3.05) is 5.32 Å². The summed E-state index contributed by atoms with van der Waals surface area (Å²) in [5.74, 6) is 0. The minimum Gasteiger partial charge on any atom is -0.379 e. The standard InChI is InChI=1S/C16H12BrClN2/c17-13-8-12-4-2-6-15(16(12)20-10-13)19-9-11-3-1-5-14(18)7-11/h1-8,10,19H,9H2. The first-order valence-corrected chi connectivity index (χ1v) is 7.42. The van der Waals surface area contributed by atoms with Crippen molar-refractivity contribution in [2.24, 2.45) is 0 Å². The van der Waals surface area contributed by atoms with E-state index < -0.39 is 0 Å². The van der Waals surface area contributed by atoms with Crippen LogP contribution in [0.25, 0.3) is 10.9 Å². The average Bonchev–Trinajstić information content (AvgIpc) is 2.44. The predicted octanol–water partition coefficient (Wildman–Crippen LogP) is 5.26. The molecule has 1 heterocycles. The summed E-state index contributed by atoms with van der Waals surface area (Å²) in [6.45, 7) is 0.720. The molecular formula is C16H12BrClN2. The number of hydrogen-bond acceptors (Lipinski definition) is 2. The summed E-state index contributed by atoms with van der Waals surface area (Å²) in [5, 5.41) is 5.28. The molecular weight excluding hydrogens is 336 g/mol. The van der Waals surface area contributed by atoms with Crippen LogP contribution in [0, 0.1) is 0 Å². The molecule has 2 aromatic carbocycles. The van der Waals surface area contributed by atoms with Gasteiger partial charge >= 0.3 is 0 Å². The van der Waals surface area contributed by atoms with Gasteiger partial charge in [0.1, 0.15) is 0 Å². The number of para-hydroxylation sites is 1. The number of anilines is 1. The van der Waals surface area contributed by atoms with Gasteiger partial charge in [0.05, 0.1) is 11.2 Å². The molecule has 3 aromatic rings. The number of benzene rings is 2. The van der Waals surface area contributed by atoms with Crippen molar-refractivity contribution < 1.29 is 0 Å². The molecule has 0 aliphatic rings. The van der Waals surface area contributed by atoms with Gasteiger partial charge in [-0.15, -0.1) is 0 Å². The van der Waals surface area contributed by atoms with E-state index in [4.69, 9.17) is 11.6 Å². The molecule has 1 N–H and O–H groups in total. The van der Waals surface area contributed by atoms with Crippen LogP contribution >= 0.6 is 27.5 Å². The molecule has 0 aliphatic carbocycles. The van der Waals surface area contributed by atoms with Crippen LogP contribution in [0.5, 0.6) is 0 Å². The van der Waals surface area contributed by atoms with E-state index in [9.17, 15) is 0 Å². The molecule has 20 heavy (non-hydrogen) atoms. The maximum Gasteiger partial charge on any atom is 0.0934 e. The Morgan fingerprint density at radius 3 is 2.80 bits per heavy atom. The maximum absolute atomic E-state index is 5.99. The molecule has 0 atom stereocenters. The number of aromatic nitrogens is 1. The molecule has 100 valence electrons. The topological polar surface area (TPSA) is 24.9 Å². The average molecular weight is 348 g/mol. The lowest BCUT2D eigenvalue weighted by molar-refractivity contribution is 1.15. The van der Waals surface area contributed by atoms with Crippen molar-refractivity contribution in [3.63, 3.8) is 0 Å². The second-order valence-electron chi connectivity index (χ2n) is 4.51. The quantitative estimate of drug-likeness (QED) is 0.699. The van der Waals surface area contributed by atoms with Gasteiger partial charge < -0.3 is 5.32 Å². The first-order valence-electron chi connectivity index (χ1n) is 6.25. The van der Waals surface area contributed by atoms with Crippen molar-refractivity contribution in [3.05, 3.63) is 69.8 Å². The summed E-state index contributed by atoms with van der Waals surface area (Å²) in [7, 11) is 0. The second-order valence-corrected chi connectivity index (χ2v) is 5.87. The number of hydrogen-bond donors (Lipinski definition) is 1. The zero-order chi connectivity index (χ0) is 13.9. The second kappa shape index (κ2) is 5.81. The Balaban J connectivity index is 1.87. The highest BCUT2D eigenvalue weighted by molar-refractivity contribution is 9.10. The SMILES string of the molecule is Clc1cccc(CNc2cccc3cc(Br)cnc23)c1. The smallest absolute Gasteiger partial charge is 0.0934 e. The third-order valence-corrected chi connectivity index (χ3v) is 3.72. The van der Waals surface area contributed by atoms with Crippen molar-refractivity contribution in [1.82, 2.24) is 4.98 Å². The van der Waals surface area contributed by atoms with E-state index in [0.29, 0.717) is 0 Å². The summed E-state index contributed by atoms with van der Waals surface area (Å²) in [4.78, 5) is 4.48. The van der Waals surface area contributed by atoms with Crippen LogP contribution in [0.1, 0.15) is 5.56 Å². The Kier molecular flexibility index (Phi) is 3.90. The molecule has 0 saturated carbocycles. The van der Waals surface area contributed by atoms with Crippen molar-refractivity contribution in [3.8, 4) is 0 Å². The molecule has 4 heteroatoms. The number of rotatable bonds is 3. The number of fused-ring (bicyclic) bond motifs is 1. The molecule has 0 bridgehead atoms. The van der Waals surface area contributed by atoms with E-state index >= 15 is 0 Å². The molecule has 0 unspecified atom stereocenters. The van der Waals surface area contributed by atoms with Crippen LogP contribution in [0.4, 0.5) is 5.69 Å². The Morgan fingerprint density at radius 2 is 1.95 bits per heavy atom. The van der Waals surface area contributed by atoms with Gasteiger partial charge in [-0.1, -0.05) is 35.9 Å². The summed E-state index contributed by atoms with van der Waals surface area (Å²) in [6, 6.07) is 16.0. The Hall–Kier alpha value is -1.58. The molecule has 0 saturated heterocycles. The van der Waals surface area contributed by atoms with Crippen LogP contribution in [-0.4, -0.2) is 4.98 Å². The zero-order valence-corrected chi connectivity index (χ0v) is 12.9. The largest absolute Gasteiger partial charge is 0.379 e. The maximum atomic E-state index is 5.99. The van der Waals surface area contributed by atoms with E-state index in [2.05, 4.69) is 38.4 Å². The van der Waals surface area contributed by atoms with Gasteiger partial charge in [0.25, 0.3) is 0 Å². The minimum absolute atomic E-state index is 0.720. The number of halogens is 2. The van der Waals surface area contributed by atoms with Crippen molar-refractivity contribution in [2.45, 2.75) is 6.54 Å². The van der Waals surface area contributed by atoms with Crippen LogP contribution in [0.2, 0.25) is 5.02 Å². The highest BCUT2D eigenvalue weighted by Gasteiger charge is 2.03. The van der Waals surface area contributed by atoms with Gasteiger partial charge in [0.15, 0.2) is 0 Å². The molecule has 0 aliphatic heterocycles. The third kappa shape index (κ3) is 2.94. The fraction of sp³-hybridized carbons (Fsp3) is 0.0625. The molecule has 0 amide bonds. The van der Waals surface area contributed by atoms with Gasteiger partial charge in [-0.2, -0.15) is 0 Å². The van der Waals surface area contributed by atoms with E-state index in [1.54, 1.807) is 0 Å². The Morgan fingerprint density at radius 1 is 1.10 bits per heavy atom. The minimum atomic E-state index is 0.720. The first-order chi connectivity index (χ1) is 9.72. The van der Waals surface area contributed by atoms with Crippen LogP contribution in [-0.2, 0) is 6.54 Å². The third-order valence-electron chi connectivity index (χ3n) is 3.05. The van der Waals surface area contributed by atoms with E-state index in [1.807, 2.05) is 42.6 Å². The van der Waals surface area contributed by atoms with Gasteiger partial charge in [-0.3, -0.25) is 4.98 Å². The van der Waals surface area contributed by atoms with Gasteiger partial charge in [-0.25, -0.2) is 0 Å². The zero-order valence-electron chi connectivity index (χ0n) is 10.6. The van der Waals surface area contributed by atoms with E-state index in [-0.39, 0.29) is 0 Å². The first kappa shape index (κ1) is 13.4. The Bertz CT molecular complexity index is 758. The lowest BCUT2D eigenvalue weighted by Crippen LogP contribution is -2.00. The monoisotopic (exact) mass is 346 g/mol. The highest BCUT2D eigenvalue weighted by atomic mass is 79.9. The molecule has 0 fully saturated rings. The lowest BCUT2D eigenvalue weighted by atomic mass is 10.1. The van der Waals surface area contributed by atoms with E-state index in [1.165, 1.54) is 0 Å². The summed E-state index contributed by atoms with van der Waals surface area (Å²) < 4.78 is 0.983. The Labute approximate surface area is 130 Å². The van der Waals surface area contributed by atoms with Gasteiger partial charge in [0.2, 0.25) is 0 Å². The molecule has 3 rings (SSSR count). The number of nitrogens with one attached hydrogen (secondary N) is 1. The van der Waals surface area contributed by atoms with E-state index in [0.717, 1.165) is 38.2 Å². The van der Waals surface area contributed by atoms with Crippen LogP contribution in [0.15, 0.2) is 59.2 Å². The summed E-state index contributed by atoms with van der Waals surface area (Å²) in [5.41, 5.74) is 3.14. The summed E-state index contributed by atoms with van der Waals surface area (Å²) in [6.07, 6.45) is 1.81. The molecule has 0 radical (unpaired) electrons. The normalized spacial score (nSPS) is 10.7. The predicted molar refractivity (Wildman–Crippen MR) is 88.2 cm³/mol. The fourth-order valence-electron chi connectivity index (χ4n) is 2.12. The van der Waals surface area contributed by atoms with Crippen LogP contribution < -0.4 is 5.32 Å². The summed E-state index contributed by atoms with van der Waals surface area (Å²) >= 11 is 9.44.